The number of hydrogen-bond acceptors (Lipinski definition) is 4. The predicted octanol–water partition coefficient (Wildman–Crippen LogP) is 3.34. The van der Waals surface area contributed by atoms with Gasteiger partial charge in [0.25, 0.3) is 0 Å². The van der Waals surface area contributed by atoms with Gasteiger partial charge in [0.1, 0.15) is 5.82 Å². The number of aromatic nitrogens is 2. The number of rotatable bonds is 4. The van der Waals surface area contributed by atoms with Gasteiger partial charge in [-0.2, -0.15) is 4.37 Å². The van der Waals surface area contributed by atoms with E-state index in [1.807, 2.05) is 0 Å². The number of hydrogen-bond donors (Lipinski definition) is 1. The second-order valence-corrected chi connectivity index (χ2v) is 5.52. The molecule has 1 fully saturated rings. The normalized spacial score (nSPS) is 25.6. The summed E-state index contributed by atoms with van der Waals surface area (Å²) < 4.78 is 4.29. The molecule has 3 nitrogen and oxygen atoms in total. The molecule has 0 aliphatic heterocycles. The van der Waals surface area contributed by atoms with Gasteiger partial charge in [0.05, 0.1) is 0 Å². The first kappa shape index (κ1) is 11.8. The molecule has 0 bridgehead atoms. The number of nitrogens with zero attached hydrogens (tertiary/aromatic N) is 2. The highest BCUT2D eigenvalue weighted by Crippen LogP contribution is 2.29. The Labute approximate surface area is 102 Å². The first-order valence-electron chi connectivity index (χ1n) is 6.36. The zero-order valence-electron chi connectivity index (χ0n) is 10.2. The van der Waals surface area contributed by atoms with E-state index < -0.39 is 0 Å². The fourth-order valence-electron chi connectivity index (χ4n) is 2.38. The van der Waals surface area contributed by atoms with Crippen molar-refractivity contribution >= 4 is 16.7 Å². The number of anilines is 1. The van der Waals surface area contributed by atoms with Gasteiger partial charge in [-0.25, -0.2) is 4.98 Å². The fraction of sp³-hybridized carbons (Fsp3) is 0.833. The maximum absolute atomic E-state index is 4.43. The van der Waals surface area contributed by atoms with Gasteiger partial charge in [0.15, 0.2) is 0 Å². The third-order valence-corrected chi connectivity index (χ3v) is 4.30. The smallest absolute Gasteiger partial charge is 0.202 e. The van der Waals surface area contributed by atoms with Gasteiger partial charge in [-0.05, 0) is 18.3 Å². The summed E-state index contributed by atoms with van der Waals surface area (Å²) >= 11 is 1.49. The molecular formula is C12H21N3S. The van der Waals surface area contributed by atoms with E-state index in [4.69, 9.17) is 0 Å². The van der Waals surface area contributed by atoms with E-state index >= 15 is 0 Å². The Balaban J connectivity index is 1.81. The van der Waals surface area contributed by atoms with Crippen LogP contribution >= 0.6 is 11.5 Å². The van der Waals surface area contributed by atoms with Crippen LogP contribution < -0.4 is 5.32 Å². The van der Waals surface area contributed by atoms with Gasteiger partial charge in [0.2, 0.25) is 5.13 Å². The third kappa shape index (κ3) is 2.94. The summed E-state index contributed by atoms with van der Waals surface area (Å²) in [6.07, 6.45) is 6.50. The molecule has 1 aliphatic rings. The van der Waals surface area contributed by atoms with Gasteiger partial charge in [-0.15, -0.1) is 0 Å². The Kier molecular flexibility index (Phi) is 4.16. The lowest BCUT2D eigenvalue weighted by Gasteiger charge is -2.28. The zero-order valence-corrected chi connectivity index (χ0v) is 11.0. The molecule has 1 N–H and O–H groups in total. The van der Waals surface area contributed by atoms with E-state index in [1.165, 1.54) is 37.2 Å². The summed E-state index contributed by atoms with van der Waals surface area (Å²) in [7, 11) is 0. The standard InChI is InChI=1S/C12H21N3S/c1-3-11-14-12(16-15-11)13-8-10-7-5-4-6-9(10)2/h9-10H,3-8H2,1-2H3,(H,13,14,15). The minimum Gasteiger partial charge on any atom is -0.360 e. The number of aryl methyl sites for hydroxylation is 1. The molecule has 1 aliphatic carbocycles. The van der Waals surface area contributed by atoms with Crippen molar-refractivity contribution in [1.29, 1.82) is 0 Å². The molecule has 4 heteroatoms. The minimum atomic E-state index is 0.822. The van der Waals surface area contributed by atoms with Gasteiger partial charge < -0.3 is 5.32 Å². The van der Waals surface area contributed by atoms with Crippen LogP contribution in [-0.2, 0) is 6.42 Å². The minimum absolute atomic E-state index is 0.822. The van der Waals surface area contributed by atoms with Crippen molar-refractivity contribution in [2.24, 2.45) is 11.8 Å². The van der Waals surface area contributed by atoms with Crippen molar-refractivity contribution < 1.29 is 0 Å². The van der Waals surface area contributed by atoms with Crippen LogP contribution in [-0.4, -0.2) is 15.9 Å². The zero-order chi connectivity index (χ0) is 11.4. The molecular weight excluding hydrogens is 218 g/mol. The van der Waals surface area contributed by atoms with E-state index in [0.29, 0.717) is 0 Å². The van der Waals surface area contributed by atoms with Gasteiger partial charge in [-0.3, -0.25) is 0 Å². The van der Waals surface area contributed by atoms with Crippen LogP contribution in [0.15, 0.2) is 0 Å². The highest BCUT2D eigenvalue weighted by molar-refractivity contribution is 7.09. The molecule has 0 aromatic carbocycles. The lowest BCUT2D eigenvalue weighted by molar-refractivity contribution is 0.268. The first-order valence-corrected chi connectivity index (χ1v) is 7.13. The van der Waals surface area contributed by atoms with Crippen LogP contribution in [0.25, 0.3) is 0 Å². The lowest BCUT2D eigenvalue weighted by Crippen LogP contribution is -2.24. The SMILES string of the molecule is CCc1nsc(NCC2CCCCC2C)n1. The van der Waals surface area contributed by atoms with Crippen LogP contribution in [0.4, 0.5) is 5.13 Å². The quantitative estimate of drug-likeness (QED) is 0.875. The molecule has 0 amide bonds. The fourth-order valence-corrected chi connectivity index (χ4v) is 3.04. The molecule has 1 heterocycles. The molecule has 0 spiro atoms. The molecule has 1 aromatic heterocycles. The average Bonchev–Trinajstić information content (AvgIpc) is 2.76. The molecule has 2 unspecified atom stereocenters. The van der Waals surface area contributed by atoms with Crippen molar-refractivity contribution in [3.63, 3.8) is 0 Å². The van der Waals surface area contributed by atoms with Crippen molar-refractivity contribution in [3.05, 3.63) is 5.82 Å². The Bertz CT molecular complexity index is 324. The Hall–Kier alpha value is -0.640. The molecule has 90 valence electrons. The summed E-state index contributed by atoms with van der Waals surface area (Å²) in [5, 5.41) is 4.44. The van der Waals surface area contributed by atoms with Crippen LogP contribution in [0.5, 0.6) is 0 Å². The maximum atomic E-state index is 4.43. The van der Waals surface area contributed by atoms with E-state index in [9.17, 15) is 0 Å². The summed E-state index contributed by atoms with van der Waals surface area (Å²) in [6.45, 7) is 5.54. The van der Waals surface area contributed by atoms with Crippen LogP contribution in [0.2, 0.25) is 0 Å². The molecule has 2 rings (SSSR count). The molecule has 0 radical (unpaired) electrons. The summed E-state index contributed by atoms with van der Waals surface area (Å²) in [5.74, 6) is 2.65. The van der Waals surface area contributed by atoms with Gasteiger partial charge >= 0.3 is 0 Å². The predicted molar refractivity (Wildman–Crippen MR) is 68.9 cm³/mol. The Morgan fingerprint density at radius 2 is 2.19 bits per heavy atom. The summed E-state index contributed by atoms with van der Waals surface area (Å²) in [5.41, 5.74) is 0. The lowest BCUT2D eigenvalue weighted by atomic mass is 9.80. The monoisotopic (exact) mass is 239 g/mol. The van der Waals surface area contributed by atoms with E-state index in [0.717, 1.165) is 35.8 Å². The van der Waals surface area contributed by atoms with Crippen LogP contribution in [0, 0.1) is 11.8 Å². The molecule has 2 atom stereocenters. The molecule has 1 aromatic rings. The number of nitrogens with one attached hydrogen (secondary N) is 1. The molecule has 16 heavy (non-hydrogen) atoms. The van der Waals surface area contributed by atoms with E-state index in [2.05, 4.69) is 28.5 Å². The Morgan fingerprint density at radius 3 is 2.88 bits per heavy atom. The van der Waals surface area contributed by atoms with Gasteiger partial charge in [-0.1, -0.05) is 33.1 Å². The second kappa shape index (κ2) is 5.62. The largest absolute Gasteiger partial charge is 0.360 e. The highest BCUT2D eigenvalue weighted by atomic mass is 32.1. The molecule has 0 saturated heterocycles. The van der Waals surface area contributed by atoms with Crippen molar-refractivity contribution in [2.75, 3.05) is 11.9 Å². The highest BCUT2D eigenvalue weighted by Gasteiger charge is 2.21. The summed E-state index contributed by atoms with van der Waals surface area (Å²) in [4.78, 5) is 4.43. The van der Waals surface area contributed by atoms with E-state index in [1.54, 1.807) is 0 Å². The van der Waals surface area contributed by atoms with Gasteiger partial charge in [0, 0.05) is 24.5 Å². The van der Waals surface area contributed by atoms with Crippen molar-refractivity contribution in [1.82, 2.24) is 9.36 Å². The summed E-state index contributed by atoms with van der Waals surface area (Å²) in [6, 6.07) is 0. The molecule has 1 saturated carbocycles. The average molecular weight is 239 g/mol. The Morgan fingerprint density at radius 1 is 1.38 bits per heavy atom. The van der Waals surface area contributed by atoms with Crippen molar-refractivity contribution in [2.45, 2.75) is 46.0 Å². The first-order chi connectivity index (χ1) is 7.79. The second-order valence-electron chi connectivity index (χ2n) is 4.77. The topological polar surface area (TPSA) is 37.8 Å². The van der Waals surface area contributed by atoms with Crippen LogP contribution in [0.3, 0.4) is 0 Å². The van der Waals surface area contributed by atoms with E-state index in [-0.39, 0.29) is 0 Å². The van der Waals surface area contributed by atoms with Crippen LogP contribution in [0.1, 0.15) is 45.4 Å². The van der Waals surface area contributed by atoms with Crippen molar-refractivity contribution in [3.8, 4) is 0 Å². The third-order valence-electron chi connectivity index (χ3n) is 3.59. The maximum Gasteiger partial charge on any atom is 0.202 e.